The number of aryl methyl sites for hydroxylation is 1. The molecule has 1 aliphatic carbocycles. The van der Waals surface area contributed by atoms with Crippen molar-refractivity contribution in [1.29, 1.82) is 0 Å². The van der Waals surface area contributed by atoms with Crippen molar-refractivity contribution in [1.82, 2.24) is 25.3 Å². The molecule has 2 fully saturated rings. The summed E-state index contributed by atoms with van der Waals surface area (Å²) in [6, 6.07) is 0.309. The van der Waals surface area contributed by atoms with Gasteiger partial charge in [-0.25, -0.2) is 8.78 Å². The monoisotopic (exact) mass is 399 g/mol. The largest absolute Gasteiger partial charge is 0.391 e. The minimum Gasteiger partial charge on any atom is -0.391 e. The molecule has 154 valence electrons. The van der Waals surface area contributed by atoms with Crippen LogP contribution in [0.25, 0.3) is 0 Å². The average molecular weight is 399 g/mol. The molecule has 1 saturated heterocycles. The van der Waals surface area contributed by atoms with Gasteiger partial charge in [0.05, 0.1) is 18.7 Å². The highest BCUT2D eigenvalue weighted by atomic mass is 19.3. The van der Waals surface area contributed by atoms with Crippen molar-refractivity contribution < 1.29 is 28.3 Å². The zero-order chi connectivity index (χ0) is 20.4. The van der Waals surface area contributed by atoms with Gasteiger partial charge in [-0.1, -0.05) is 0 Å². The van der Waals surface area contributed by atoms with E-state index in [0.717, 1.165) is 10.7 Å². The number of rotatable bonds is 4. The number of carbonyl (C=O) groups is 3. The van der Waals surface area contributed by atoms with Crippen LogP contribution in [0.2, 0.25) is 0 Å². The molecule has 1 aromatic heterocycles. The quantitative estimate of drug-likeness (QED) is 0.636. The first-order chi connectivity index (χ1) is 13.3. The third kappa shape index (κ3) is 4.29. The third-order valence-electron chi connectivity index (χ3n) is 5.18. The van der Waals surface area contributed by atoms with Crippen LogP contribution >= 0.6 is 0 Å². The number of hydrogen-bond acceptors (Lipinski definition) is 5. The molecule has 0 unspecified atom stereocenters. The first kappa shape index (κ1) is 20.2. The molecule has 2 heterocycles. The van der Waals surface area contributed by atoms with Gasteiger partial charge < -0.3 is 20.6 Å². The molecule has 1 aliphatic heterocycles. The summed E-state index contributed by atoms with van der Waals surface area (Å²) in [4.78, 5) is 38.1. The van der Waals surface area contributed by atoms with Crippen LogP contribution in [0.1, 0.15) is 41.9 Å². The van der Waals surface area contributed by atoms with E-state index in [2.05, 4.69) is 15.7 Å². The van der Waals surface area contributed by atoms with Gasteiger partial charge in [0, 0.05) is 26.1 Å². The van der Waals surface area contributed by atoms with Crippen LogP contribution in [0.15, 0.2) is 6.07 Å². The van der Waals surface area contributed by atoms with Gasteiger partial charge in [0.15, 0.2) is 0 Å². The van der Waals surface area contributed by atoms with Crippen LogP contribution < -0.4 is 10.6 Å². The molecule has 1 saturated carbocycles. The van der Waals surface area contributed by atoms with E-state index >= 15 is 0 Å². The van der Waals surface area contributed by atoms with Crippen LogP contribution in [0.4, 0.5) is 8.78 Å². The Bertz CT molecular complexity index is 769. The van der Waals surface area contributed by atoms with Crippen molar-refractivity contribution in [3.8, 4) is 0 Å². The molecule has 11 heteroatoms. The fraction of sp³-hybridized carbons (Fsp3) is 0.647. The highest BCUT2D eigenvalue weighted by Crippen LogP contribution is 2.27. The molecule has 3 amide bonds. The zero-order valence-corrected chi connectivity index (χ0v) is 15.4. The first-order valence-electron chi connectivity index (χ1n) is 9.12. The van der Waals surface area contributed by atoms with Gasteiger partial charge in [-0.3, -0.25) is 19.1 Å². The van der Waals surface area contributed by atoms with Crippen molar-refractivity contribution in [2.45, 2.75) is 37.8 Å². The number of hydrogen-bond donors (Lipinski definition) is 3. The smallest absolute Gasteiger partial charge is 0.282 e. The topological polar surface area (TPSA) is 117 Å². The Morgan fingerprint density at radius 3 is 2.79 bits per heavy atom. The van der Waals surface area contributed by atoms with Gasteiger partial charge in [-0.15, -0.1) is 0 Å². The van der Waals surface area contributed by atoms with Crippen molar-refractivity contribution in [2.24, 2.45) is 13.0 Å². The van der Waals surface area contributed by atoms with Crippen molar-refractivity contribution in [3.63, 3.8) is 0 Å². The van der Waals surface area contributed by atoms with Crippen LogP contribution in [-0.4, -0.2) is 69.3 Å². The summed E-state index contributed by atoms with van der Waals surface area (Å²) in [5.74, 6) is -1.47. The minimum absolute atomic E-state index is 0.000335. The second-order valence-corrected chi connectivity index (χ2v) is 7.15. The highest BCUT2D eigenvalue weighted by molar-refractivity contribution is 5.93. The molecular weight excluding hydrogens is 376 g/mol. The Labute approximate surface area is 160 Å². The lowest BCUT2D eigenvalue weighted by molar-refractivity contribution is -0.143. The predicted octanol–water partition coefficient (Wildman–Crippen LogP) is -0.424. The molecule has 0 bridgehead atoms. The van der Waals surface area contributed by atoms with Crippen LogP contribution in [0.5, 0.6) is 0 Å². The molecule has 3 atom stereocenters. The van der Waals surface area contributed by atoms with Gasteiger partial charge in [0.25, 0.3) is 12.3 Å². The van der Waals surface area contributed by atoms with Crippen LogP contribution in [0, 0.1) is 5.92 Å². The molecule has 0 radical (unpaired) electrons. The Balaban J connectivity index is 1.65. The summed E-state index contributed by atoms with van der Waals surface area (Å²) in [7, 11) is 1.38. The van der Waals surface area contributed by atoms with E-state index in [4.69, 9.17) is 0 Å². The van der Waals surface area contributed by atoms with E-state index in [9.17, 15) is 28.3 Å². The maximum absolute atomic E-state index is 12.8. The summed E-state index contributed by atoms with van der Waals surface area (Å²) in [6.45, 7) is 0.819. The lowest BCUT2D eigenvalue weighted by Gasteiger charge is -2.36. The lowest BCUT2D eigenvalue weighted by atomic mass is 9.82. The average Bonchev–Trinajstić information content (AvgIpc) is 3.05. The summed E-state index contributed by atoms with van der Waals surface area (Å²) in [5, 5.41) is 19.1. The van der Waals surface area contributed by atoms with E-state index in [0.29, 0.717) is 25.9 Å². The van der Waals surface area contributed by atoms with Gasteiger partial charge in [-0.2, -0.15) is 5.10 Å². The summed E-state index contributed by atoms with van der Waals surface area (Å²) < 4.78 is 26.6. The normalized spacial score (nSPS) is 25.5. The SMILES string of the molecule is Cn1nc(C(F)F)cc1C(=O)N[C@@H]1C[C@@H](C(=O)N2CCNC(=O)C2)CC[C@H]1O. The molecule has 1 aromatic rings. The number of halogens is 2. The summed E-state index contributed by atoms with van der Waals surface area (Å²) >= 11 is 0. The number of piperazine rings is 1. The number of nitrogens with one attached hydrogen (secondary N) is 2. The Hall–Kier alpha value is -2.56. The van der Waals surface area contributed by atoms with Crippen molar-refractivity contribution in [2.75, 3.05) is 19.6 Å². The Morgan fingerprint density at radius 1 is 1.39 bits per heavy atom. The summed E-state index contributed by atoms with van der Waals surface area (Å²) in [6.07, 6.45) is -2.67. The molecule has 3 rings (SSSR count). The fourth-order valence-electron chi connectivity index (χ4n) is 3.67. The number of alkyl halides is 2. The molecule has 2 aliphatic rings. The number of carbonyl (C=O) groups excluding carboxylic acids is 3. The standard InChI is InChI=1S/C17H23F2N5O4/c1-23-12(7-11(22-23)15(18)19)16(27)21-10-6-9(2-3-13(10)25)17(28)24-5-4-20-14(26)8-24/h7,9-10,13,15,25H,2-6,8H2,1H3,(H,20,26)(H,21,27)/t9-,10+,13+/m0/s1. The van der Waals surface area contributed by atoms with Gasteiger partial charge >= 0.3 is 0 Å². The highest BCUT2D eigenvalue weighted by Gasteiger charge is 2.37. The van der Waals surface area contributed by atoms with E-state index in [1.54, 1.807) is 0 Å². The first-order valence-corrected chi connectivity index (χ1v) is 9.12. The number of aliphatic hydroxyl groups excluding tert-OH is 1. The van der Waals surface area contributed by atoms with Crippen LogP contribution in [-0.2, 0) is 16.6 Å². The number of aliphatic hydroxyl groups is 1. The van der Waals surface area contributed by atoms with Gasteiger partial charge in [0.2, 0.25) is 11.8 Å². The predicted molar refractivity (Wildman–Crippen MR) is 92.4 cm³/mol. The molecular formula is C17H23F2N5O4. The second-order valence-electron chi connectivity index (χ2n) is 7.15. The summed E-state index contributed by atoms with van der Waals surface area (Å²) in [5.41, 5.74) is -0.558. The van der Waals surface area contributed by atoms with E-state index in [-0.39, 0.29) is 30.5 Å². The van der Waals surface area contributed by atoms with Crippen molar-refractivity contribution in [3.05, 3.63) is 17.5 Å². The fourth-order valence-corrected chi connectivity index (χ4v) is 3.67. The van der Waals surface area contributed by atoms with E-state index in [1.807, 2.05) is 0 Å². The Kier molecular flexibility index (Phi) is 5.92. The molecule has 9 nitrogen and oxygen atoms in total. The van der Waals surface area contributed by atoms with Crippen LogP contribution in [0.3, 0.4) is 0 Å². The number of aromatic nitrogens is 2. The van der Waals surface area contributed by atoms with Crippen molar-refractivity contribution >= 4 is 17.7 Å². The van der Waals surface area contributed by atoms with Gasteiger partial charge in [0.1, 0.15) is 11.4 Å². The lowest BCUT2D eigenvalue weighted by Crippen LogP contribution is -2.54. The van der Waals surface area contributed by atoms with E-state index < -0.39 is 36.1 Å². The Morgan fingerprint density at radius 2 is 2.14 bits per heavy atom. The molecule has 28 heavy (non-hydrogen) atoms. The molecule has 0 aromatic carbocycles. The van der Waals surface area contributed by atoms with E-state index in [1.165, 1.54) is 11.9 Å². The third-order valence-corrected chi connectivity index (χ3v) is 5.18. The molecule has 0 spiro atoms. The van der Waals surface area contributed by atoms with Gasteiger partial charge in [-0.05, 0) is 25.3 Å². The second kappa shape index (κ2) is 8.21. The molecule has 3 N–H and O–H groups in total. The minimum atomic E-state index is -2.79. The number of amides is 3. The maximum atomic E-state index is 12.8. The zero-order valence-electron chi connectivity index (χ0n) is 15.4. The maximum Gasteiger partial charge on any atom is 0.282 e. The number of nitrogens with zero attached hydrogens (tertiary/aromatic N) is 3.